The Morgan fingerprint density at radius 3 is 2.89 bits per heavy atom. The topological polar surface area (TPSA) is 47.6 Å². The first-order valence-electron chi connectivity index (χ1n) is 5.46. The van der Waals surface area contributed by atoms with Crippen LogP contribution in [0.2, 0.25) is 0 Å². The smallest absolute Gasteiger partial charge is 0.301 e. The molecule has 1 heterocycles. The van der Waals surface area contributed by atoms with Crippen molar-refractivity contribution in [3.05, 3.63) is 23.9 Å². The van der Waals surface area contributed by atoms with E-state index in [1.165, 1.54) is 12.4 Å². The van der Waals surface area contributed by atoms with Gasteiger partial charge in [-0.2, -0.15) is 8.78 Å². The first-order valence-corrected chi connectivity index (χ1v) is 6.45. The normalized spacial score (nSPS) is 11.3. The van der Waals surface area contributed by atoms with Crippen molar-refractivity contribution in [2.45, 2.75) is 31.6 Å². The lowest BCUT2D eigenvalue weighted by atomic mass is 10.4. The molecule has 0 amide bonds. The Kier molecular flexibility index (Phi) is 6.48. The molecule has 0 aliphatic rings. The molecule has 1 rings (SSSR count). The molecule has 19 heavy (non-hydrogen) atoms. The highest BCUT2D eigenvalue weighted by Gasteiger charge is 2.07. The maximum Gasteiger partial charge on any atom is 0.301 e. The zero-order chi connectivity index (χ0) is 14.3. The van der Waals surface area contributed by atoms with Gasteiger partial charge >= 0.3 is 6.08 Å². The zero-order valence-electron chi connectivity index (χ0n) is 10.4. The molecular formula is C11H13F3N2O2S. The van der Waals surface area contributed by atoms with Gasteiger partial charge < -0.3 is 9.25 Å². The van der Waals surface area contributed by atoms with Crippen molar-refractivity contribution >= 4 is 18.0 Å². The largest absolute Gasteiger partial charge is 0.430 e. The SMILES string of the molecule is CC(C)O/N=C/c1cnc(SCCC(F)=C(F)F)o1. The molecule has 0 radical (unpaired) electrons. The molecule has 4 nitrogen and oxygen atoms in total. The number of oxazole rings is 1. The fraction of sp³-hybridized carbons (Fsp3) is 0.455. The van der Waals surface area contributed by atoms with Gasteiger partial charge in [0.05, 0.1) is 6.20 Å². The Hall–Kier alpha value is -1.44. The fourth-order valence-electron chi connectivity index (χ4n) is 0.923. The maximum atomic E-state index is 12.5. The summed E-state index contributed by atoms with van der Waals surface area (Å²) in [6.45, 7) is 3.65. The molecule has 0 spiro atoms. The summed E-state index contributed by atoms with van der Waals surface area (Å²) in [7, 11) is 0. The summed E-state index contributed by atoms with van der Waals surface area (Å²) in [6, 6.07) is 0. The summed E-state index contributed by atoms with van der Waals surface area (Å²) in [5.74, 6) is -0.926. The fourth-order valence-corrected chi connectivity index (χ4v) is 1.66. The van der Waals surface area contributed by atoms with Crippen molar-refractivity contribution in [1.29, 1.82) is 0 Å². The molecule has 0 saturated carbocycles. The van der Waals surface area contributed by atoms with Crippen LogP contribution in [0.1, 0.15) is 26.0 Å². The summed E-state index contributed by atoms with van der Waals surface area (Å²) in [6.07, 6.45) is 0.0657. The summed E-state index contributed by atoms with van der Waals surface area (Å²) in [5, 5.41) is 3.91. The Labute approximate surface area is 112 Å². The third-order valence-corrected chi connectivity index (χ3v) is 2.55. The van der Waals surface area contributed by atoms with E-state index in [9.17, 15) is 13.2 Å². The number of aromatic nitrogens is 1. The van der Waals surface area contributed by atoms with Crippen LogP contribution in [0.5, 0.6) is 0 Å². The maximum absolute atomic E-state index is 12.5. The van der Waals surface area contributed by atoms with Crippen molar-refractivity contribution in [2.75, 3.05) is 5.75 Å². The molecule has 1 aromatic heterocycles. The average Bonchev–Trinajstić information content (AvgIpc) is 2.76. The van der Waals surface area contributed by atoms with E-state index in [1.54, 1.807) is 0 Å². The second kappa shape index (κ2) is 7.88. The van der Waals surface area contributed by atoms with Crippen LogP contribution >= 0.6 is 11.8 Å². The standard InChI is InChI=1S/C11H13F3N2O2S/c1-7(2)18-16-6-8-5-15-11(17-8)19-4-3-9(12)10(13)14/h5-7H,3-4H2,1-2H3/b16-6+. The predicted octanol–water partition coefficient (Wildman–Crippen LogP) is 3.99. The van der Waals surface area contributed by atoms with Gasteiger partial charge in [0.2, 0.25) is 0 Å². The summed E-state index contributed by atoms with van der Waals surface area (Å²) >= 11 is 1.04. The van der Waals surface area contributed by atoms with Gasteiger partial charge in [-0.1, -0.05) is 16.9 Å². The molecule has 8 heteroatoms. The van der Waals surface area contributed by atoms with Gasteiger partial charge in [0.1, 0.15) is 12.3 Å². The number of halogens is 3. The first-order chi connectivity index (χ1) is 8.99. The Morgan fingerprint density at radius 2 is 2.26 bits per heavy atom. The van der Waals surface area contributed by atoms with Crippen LogP contribution < -0.4 is 0 Å². The molecule has 0 aliphatic carbocycles. The molecule has 0 aliphatic heterocycles. The number of oxime groups is 1. The van der Waals surface area contributed by atoms with Crippen molar-refractivity contribution in [3.8, 4) is 0 Å². The number of thioether (sulfide) groups is 1. The highest BCUT2D eigenvalue weighted by molar-refractivity contribution is 7.99. The highest BCUT2D eigenvalue weighted by atomic mass is 32.2. The van der Waals surface area contributed by atoms with E-state index in [1.807, 2.05) is 13.8 Å². The van der Waals surface area contributed by atoms with E-state index < -0.39 is 11.9 Å². The molecule has 0 unspecified atom stereocenters. The van der Waals surface area contributed by atoms with Gasteiger partial charge in [0, 0.05) is 12.2 Å². The summed E-state index contributed by atoms with van der Waals surface area (Å²) < 4.78 is 41.3. The summed E-state index contributed by atoms with van der Waals surface area (Å²) in [4.78, 5) is 8.81. The molecule has 0 fully saturated rings. The molecule has 0 saturated heterocycles. The zero-order valence-corrected chi connectivity index (χ0v) is 11.2. The molecular weight excluding hydrogens is 281 g/mol. The number of hydrogen-bond donors (Lipinski definition) is 0. The quantitative estimate of drug-likeness (QED) is 0.433. The molecule has 106 valence electrons. The van der Waals surface area contributed by atoms with Gasteiger partial charge in [-0.15, -0.1) is 0 Å². The average molecular weight is 294 g/mol. The third-order valence-electron chi connectivity index (χ3n) is 1.71. The minimum absolute atomic E-state index is 0.0432. The van der Waals surface area contributed by atoms with E-state index in [-0.39, 0.29) is 23.5 Å². The monoisotopic (exact) mass is 294 g/mol. The lowest BCUT2D eigenvalue weighted by Gasteiger charge is -1.98. The third kappa shape index (κ3) is 6.32. The Balaban J connectivity index is 2.39. The van der Waals surface area contributed by atoms with Crippen LogP contribution in [-0.2, 0) is 4.84 Å². The van der Waals surface area contributed by atoms with Gasteiger partial charge in [-0.3, -0.25) is 0 Å². The van der Waals surface area contributed by atoms with Crippen molar-refractivity contribution in [1.82, 2.24) is 4.98 Å². The first kappa shape index (κ1) is 15.6. The van der Waals surface area contributed by atoms with Gasteiger partial charge in [-0.05, 0) is 13.8 Å². The van der Waals surface area contributed by atoms with Crippen LogP contribution in [-0.4, -0.2) is 23.1 Å². The van der Waals surface area contributed by atoms with E-state index in [0.717, 1.165) is 11.8 Å². The Morgan fingerprint density at radius 1 is 1.53 bits per heavy atom. The molecule has 0 atom stereocenters. The number of nitrogens with zero attached hydrogens (tertiary/aromatic N) is 2. The van der Waals surface area contributed by atoms with E-state index in [4.69, 9.17) is 9.25 Å². The van der Waals surface area contributed by atoms with Gasteiger partial charge in [0.15, 0.2) is 11.6 Å². The van der Waals surface area contributed by atoms with E-state index >= 15 is 0 Å². The van der Waals surface area contributed by atoms with Crippen LogP contribution in [0.4, 0.5) is 13.2 Å². The highest BCUT2D eigenvalue weighted by Crippen LogP contribution is 2.22. The van der Waals surface area contributed by atoms with Crippen molar-refractivity contribution in [3.63, 3.8) is 0 Å². The van der Waals surface area contributed by atoms with Crippen LogP contribution in [0.25, 0.3) is 0 Å². The molecule has 0 aromatic carbocycles. The summed E-state index contributed by atoms with van der Waals surface area (Å²) in [5.41, 5.74) is 0. The Bertz CT molecular complexity index is 457. The number of allylic oxidation sites excluding steroid dienone is 1. The number of rotatable bonds is 7. The van der Waals surface area contributed by atoms with Crippen LogP contribution in [0.3, 0.4) is 0 Å². The minimum Gasteiger partial charge on any atom is -0.430 e. The van der Waals surface area contributed by atoms with Crippen LogP contribution in [0.15, 0.2) is 32.9 Å². The van der Waals surface area contributed by atoms with E-state index in [2.05, 4.69) is 10.1 Å². The van der Waals surface area contributed by atoms with Crippen molar-refractivity contribution < 1.29 is 22.4 Å². The number of hydrogen-bond acceptors (Lipinski definition) is 5. The minimum atomic E-state index is -2.29. The molecule has 0 bridgehead atoms. The van der Waals surface area contributed by atoms with Gasteiger partial charge in [0.25, 0.3) is 5.22 Å². The lowest BCUT2D eigenvalue weighted by molar-refractivity contribution is 0.0871. The second-order valence-electron chi connectivity index (χ2n) is 3.68. The predicted molar refractivity (Wildman–Crippen MR) is 66.0 cm³/mol. The second-order valence-corrected chi connectivity index (χ2v) is 4.73. The van der Waals surface area contributed by atoms with E-state index in [0.29, 0.717) is 5.76 Å². The van der Waals surface area contributed by atoms with Crippen molar-refractivity contribution in [2.24, 2.45) is 5.16 Å². The lowest BCUT2D eigenvalue weighted by Crippen LogP contribution is -1.95. The van der Waals surface area contributed by atoms with Crippen LogP contribution in [0, 0.1) is 0 Å². The molecule has 0 N–H and O–H groups in total. The van der Waals surface area contributed by atoms with Gasteiger partial charge in [-0.25, -0.2) is 9.37 Å². The molecule has 1 aromatic rings.